The topological polar surface area (TPSA) is 118 Å². The number of ether oxygens (including phenoxy) is 1. The molecule has 0 unspecified atom stereocenters. The molecule has 1 N–H and O–H groups in total. The van der Waals surface area contributed by atoms with Gasteiger partial charge in [0.25, 0.3) is 0 Å². The largest absolute Gasteiger partial charge is 0.436 e. The minimum absolute atomic E-state index is 0.100. The van der Waals surface area contributed by atoms with Crippen LogP contribution >= 0.6 is 0 Å². The van der Waals surface area contributed by atoms with Crippen molar-refractivity contribution in [1.82, 2.24) is 9.55 Å². The van der Waals surface area contributed by atoms with Crippen LogP contribution in [0.15, 0.2) is 12.4 Å². The number of imidazole rings is 1. The molecule has 0 radical (unpaired) electrons. The van der Waals surface area contributed by atoms with E-state index < -0.39 is 46.6 Å². The SMILES string of the molecule is CC(C)[Si]1(C(C)C)OC[C@H]2O[C@@H](n3ccnc3[N+](=O)[O-])[C@@H](O)[C@@H]2O[Si](C(C)C)(C(C)C)O1. The predicted molar refractivity (Wildman–Crippen MR) is 123 cm³/mol. The van der Waals surface area contributed by atoms with Crippen molar-refractivity contribution in [2.45, 2.75) is 102 Å². The summed E-state index contributed by atoms with van der Waals surface area (Å²) in [4.78, 5) is 14.6. The number of fused-ring (bicyclic) bond motifs is 1. The summed E-state index contributed by atoms with van der Waals surface area (Å²) in [7, 11) is -5.65. The van der Waals surface area contributed by atoms with Crippen LogP contribution in [0.1, 0.15) is 61.6 Å². The summed E-state index contributed by atoms with van der Waals surface area (Å²) in [6.07, 6.45) is -0.642. The Labute approximate surface area is 191 Å². The highest BCUT2D eigenvalue weighted by Gasteiger charge is 2.62. The molecule has 0 bridgehead atoms. The van der Waals surface area contributed by atoms with Crippen LogP contribution in [0.5, 0.6) is 0 Å². The average Bonchev–Trinajstić information content (AvgIpc) is 3.26. The number of hydrogen-bond acceptors (Lipinski definition) is 8. The minimum Gasteiger partial charge on any atom is -0.414 e. The maximum Gasteiger partial charge on any atom is 0.436 e. The van der Waals surface area contributed by atoms with Crippen molar-refractivity contribution in [3.05, 3.63) is 22.5 Å². The van der Waals surface area contributed by atoms with Crippen LogP contribution in [0.2, 0.25) is 22.2 Å². The van der Waals surface area contributed by atoms with Crippen LogP contribution in [0.4, 0.5) is 5.95 Å². The summed E-state index contributed by atoms with van der Waals surface area (Å²) in [5, 5.41) is 22.6. The zero-order valence-electron chi connectivity index (χ0n) is 20.2. The van der Waals surface area contributed by atoms with E-state index in [0.717, 1.165) is 0 Å². The normalized spacial score (nSPS) is 30.0. The van der Waals surface area contributed by atoms with Gasteiger partial charge in [-0.25, -0.2) is 0 Å². The molecule has 32 heavy (non-hydrogen) atoms. The van der Waals surface area contributed by atoms with Gasteiger partial charge in [-0.15, -0.1) is 0 Å². The first kappa shape index (κ1) is 25.5. The zero-order valence-corrected chi connectivity index (χ0v) is 22.2. The fourth-order valence-electron chi connectivity index (χ4n) is 5.01. The molecule has 3 rings (SSSR count). The molecule has 4 atom stereocenters. The van der Waals surface area contributed by atoms with Crippen molar-refractivity contribution >= 4 is 23.1 Å². The molecule has 10 nitrogen and oxygen atoms in total. The highest BCUT2D eigenvalue weighted by molar-refractivity contribution is 6.83. The maximum atomic E-state index is 11.4. The Morgan fingerprint density at radius 3 is 2.16 bits per heavy atom. The summed E-state index contributed by atoms with van der Waals surface area (Å²) >= 11 is 0. The predicted octanol–water partition coefficient (Wildman–Crippen LogP) is 4.01. The van der Waals surface area contributed by atoms with Gasteiger partial charge in [-0.05, 0) is 27.1 Å². The van der Waals surface area contributed by atoms with E-state index in [4.69, 9.17) is 17.7 Å². The van der Waals surface area contributed by atoms with Gasteiger partial charge in [-0.2, -0.15) is 4.57 Å². The summed E-state index contributed by atoms with van der Waals surface area (Å²) in [5.74, 6) is -0.384. The molecule has 2 aliphatic rings. The van der Waals surface area contributed by atoms with Crippen molar-refractivity contribution in [3.63, 3.8) is 0 Å². The van der Waals surface area contributed by atoms with E-state index in [2.05, 4.69) is 60.4 Å². The standard InChI is InChI=1S/C20H37N3O7Si2/c1-12(2)31(13(3)4)27-11-16-18(29-32(30-31,14(5)6)15(7)8)17(24)19(28-16)22-10-9-21-20(22)23(25)26/h9-10,12-19,24H,11H2,1-8H3/t16-,17+,18-,19-/m1/s1. The lowest BCUT2D eigenvalue weighted by Gasteiger charge is -2.51. The lowest BCUT2D eigenvalue weighted by Crippen LogP contribution is -2.65. The monoisotopic (exact) mass is 487 g/mol. The Kier molecular flexibility index (Phi) is 7.35. The molecule has 3 heterocycles. The highest BCUT2D eigenvalue weighted by atomic mass is 28.5. The molecule has 0 amide bonds. The van der Waals surface area contributed by atoms with Crippen molar-refractivity contribution < 1.29 is 27.7 Å². The summed E-state index contributed by atoms with van der Waals surface area (Å²) in [6, 6.07) is 0. The van der Waals surface area contributed by atoms with Gasteiger partial charge in [0, 0.05) is 0 Å². The Morgan fingerprint density at radius 1 is 1.09 bits per heavy atom. The Balaban J connectivity index is 2.06. The van der Waals surface area contributed by atoms with Crippen LogP contribution in [0.3, 0.4) is 0 Å². The fraction of sp³-hybridized carbons (Fsp3) is 0.850. The third-order valence-corrected chi connectivity index (χ3v) is 17.0. The van der Waals surface area contributed by atoms with Crippen molar-refractivity contribution in [1.29, 1.82) is 0 Å². The third kappa shape index (κ3) is 4.10. The second-order valence-corrected chi connectivity index (χ2v) is 18.8. The molecule has 1 aromatic rings. The second-order valence-electron chi connectivity index (χ2n) is 10.0. The third-order valence-electron chi connectivity index (χ3n) is 6.73. The Hall–Kier alpha value is -1.16. The van der Waals surface area contributed by atoms with Crippen molar-refractivity contribution in [3.8, 4) is 0 Å². The van der Waals surface area contributed by atoms with Gasteiger partial charge < -0.3 is 32.9 Å². The number of hydrogen-bond donors (Lipinski definition) is 1. The van der Waals surface area contributed by atoms with Gasteiger partial charge in [-0.1, -0.05) is 60.4 Å². The molecule has 12 heteroatoms. The first-order valence-corrected chi connectivity index (χ1v) is 15.3. The molecule has 182 valence electrons. The van der Waals surface area contributed by atoms with Gasteiger partial charge in [0.15, 0.2) is 0 Å². The maximum absolute atomic E-state index is 11.4. The van der Waals surface area contributed by atoms with Crippen LogP contribution in [-0.4, -0.2) is 61.6 Å². The lowest BCUT2D eigenvalue weighted by molar-refractivity contribution is -0.398. The zero-order chi connectivity index (χ0) is 24.0. The molecular weight excluding hydrogens is 450 g/mol. The van der Waals surface area contributed by atoms with Crippen LogP contribution < -0.4 is 0 Å². The molecular formula is C20H37N3O7Si2. The Morgan fingerprint density at radius 2 is 1.66 bits per heavy atom. The number of nitrogens with zero attached hydrogens (tertiary/aromatic N) is 3. The van der Waals surface area contributed by atoms with Gasteiger partial charge in [0.1, 0.15) is 30.7 Å². The van der Waals surface area contributed by atoms with Crippen LogP contribution in [0, 0.1) is 10.1 Å². The first-order chi connectivity index (χ1) is 14.9. The fourth-order valence-corrected chi connectivity index (χ4v) is 16.2. The van der Waals surface area contributed by atoms with Crippen molar-refractivity contribution in [2.24, 2.45) is 0 Å². The minimum atomic E-state index is -2.92. The van der Waals surface area contributed by atoms with E-state index in [1.165, 1.54) is 17.0 Å². The number of aliphatic hydroxyl groups excluding tert-OH is 1. The summed E-state index contributed by atoms with van der Waals surface area (Å²) in [6.45, 7) is 17.1. The average molecular weight is 488 g/mol. The number of rotatable bonds is 6. The van der Waals surface area contributed by atoms with Crippen LogP contribution in [0.25, 0.3) is 0 Å². The van der Waals surface area contributed by atoms with E-state index in [9.17, 15) is 15.2 Å². The number of aromatic nitrogens is 2. The van der Waals surface area contributed by atoms with E-state index in [1.54, 1.807) is 0 Å². The van der Waals surface area contributed by atoms with Crippen LogP contribution in [-0.2, 0) is 17.7 Å². The Bertz CT molecular complexity index is 801. The van der Waals surface area contributed by atoms with E-state index in [0.29, 0.717) is 0 Å². The van der Waals surface area contributed by atoms with Gasteiger partial charge >= 0.3 is 23.1 Å². The molecule has 2 saturated heterocycles. The first-order valence-electron chi connectivity index (χ1n) is 11.4. The van der Waals surface area contributed by atoms with Gasteiger partial charge in [0.2, 0.25) is 6.23 Å². The highest BCUT2D eigenvalue weighted by Crippen LogP contribution is 2.48. The number of nitro groups is 1. The quantitative estimate of drug-likeness (QED) is 0.363. The van der Waals surface area contributed by atoms with Gasteiger partial charge in [0.05, 0.1) is 6.61 Å². The van der Waals surface area contributed by atoms with E-state index in [-0.39, 0.29) is 34.7 Å². The molecule has 0 aromatic carbocycles. The molecule has 2 aliphatic heterocycles. The second kappa shape index (κ2) is 9.24. The number of aliphatic hydroxyl groups is 1. The molecule has 2 fully saturated rings. The van der Waals surface area contributed by atoms with E-state index >= 15 is 0 Å². The molecule has 0 aliphatic carbocycles. The molecule has 0 spiro atoms. The van der Waals surface area contributed by atoms with Crippen molar-refractivity contribution in [2.75, 3.05) is 6.61 Å². The smallest absolute Gasteiger partial charge is 0.414 e. The van der Waals surface area contributed by atoms with Gasteiger partial charge in [-0.3, -0.25) is 0 Å². The summed E-state index contributed by atoms with van der Waals surface area (Å²) < 4.78 is 28.0. The van der Waals surface area contributed by atoms with E-state index in [1.807, 2.05) is 0 Å². The molecule has 0 saturated carbocycles. The lowest BCUT2D eigenvalue weighted by atomic mass is 10.1. The molecule has 1 aromatic heterocycles. The summed E-state index contributed by atoms with van der Waals surface area (Å²) in [5.41, 5.74) is 0.568.